The summed E-state index contributed by atoms with van der Waals surface area (Å²) >= 11 is 0. The molecule has 3 aliphatic rings. The number of rotatable bonds is 20. The van der Waals surface area contributed by atoms with E-state index >= 15 is 0 Å². The molecule has 0 radical (unpaired) electrons. The number of ether oxygens (including phenoxy) is 3. The number of hydrogen-bond donors (Lipinski definition) is 8. The monoisotopic (exact) mass is 897 g/mol. The Morgan fingerprint density at radius 3 is 2.19 bits per heavy atom. The highest BCUT2D eigenvalue weighted by molar-refractivity contribution is 7.85. The maximum atomic E-state index is 13.5. The average Bonchev–Trinajstić information content (AvgIpc) is 3.67. The van der Waals surface area contributed by atoms with E-state index in [4.69, 9.17) is 18.8 Å². The number of aliphatic hydroxyl groups excluding tert-OH is 3. The Labute approximate surface area is 355 Å². The van der Waals surface area contributed by atoms with Gasteiger partial charge in [-0.05, 0) is 48.9 Å². The Morgan fingerprint density at radius 1 is 0.935 bits per heavy atom. The number of carboxylic acid groups (broad SMARTS) is 1. The molecule has 4 rings (SSSR count). The molecular formula is C38H51N5O18S. The van der Waals surface area contributed by atoms with Crippen LogP contribution in [-0.4, -0.2) is 171 Å². The molecule has 0 bridgehead atoms. The van der Waals surface area contributed by atoms with Crippen molar-refractivity contribution in [3.63, 3.8) is 0 Å². The summed E-state index contributed by atoms with van der Waals surface area (Å²) in [4.78, 5) is 103. The van der Waals surface area contributed by atoms with E-state index in [1.165, 1.54) is 26.0 Å². The zero-order chi connectivity index (χ0) is 46.2. The third kappa shape index (κ3) is 12.8. The number of nitrogens with one attached hydrogen (secondary N) is 3. The molecule has 0 aromatic heterocycles. The number of carbonyl (C=O) groups is 8. The number of aliphatic hydroxyl groups is 3. The molecule has 0 aliphatic carbocycles. The van der Waals surface area contributed by atoms with Crippen molar-refractivity contribution in [2.45, 2.75) is 108 Å². The van der Waals surface area contributed by atoms with Gasteiger partial charge in [-0.25, -0.2) is 4.79 Å². The van der Waals surface area contributed by atoms with Crippen LogP contribution in [0.3, 0.4) is 0 Å². The van der Waals surface area contributed by atoms with Crippen LogP contribution in [-0.2, 0) is 75.7 Å². The molecule has 9 atom stereocenters. The summed E-state index contributed by atoms with van der Waals surface area (Å²) in [6, 6.07) is -0.128. The number of aliphatic carboxylic acids is 1. The minimum Gasteiger partial charge on any atom is -0.479 e. The number of aryl methyl sites for hydroxylation is 1. The highest BCUT2D eigenvalue weighted by Crippen LogP contribution is 2.28. The summed E-state index contributed by atoms with van der Waals surface area (Å²) in [5.74, 6) is -8.03. The number of amides is 6. The summed E-state index contributed by atoms with van der Waals surface area (Å²) in [6.07, 6.45) is -6.56. The van der Waals surface area contributed by atoms with Gasteiger partial charge < -0.3 is 55.5 Å². The van der Waals surface area contributed by atoms with Crippen LogP contribution in [0.1, 0.15) is 51.7 Å². The lowest BCUT2D eigenvalue weighted by atomic mass is 9.91. The summed E-state index contributed by atoms with van der Waals surface area (Å²) < 4.78 is 47.1. The van der Waals surface area contributed by atoms with Crippen molar-refractivity contribution in [3.05, 3.63) is 41.5 Å². The molecule has 1 aromatic rings. The standard InChI is InChI=1S/C38H51N5O18S/c1-18(2)30(41-27(45)15-42-24(17-59-11-12-62(56,57)58)14-25(37(42)53)43-28(46)9-10-29(43)47)36(52)39-19(3)35(51)40-23-7-5-22(16-60-20(4)44)21(13-23)6-8-26-31(48)32(49)33(50)34(61-26)38(54)55/h5,7,9-10,13,18-19,24-26,30-34,48-50H,6,8,11-12,14-17H2,1-4H3,(H,39,52)(H,40,51)(H,41,45)(H,54,55)(H,56,57,58)/t19-,24-,25+,26-,30-,31-,32+,33-,34-/m0/s1. The fourth-order valence-electron chi connectivity index (χ4n) is 7.02. The predicted molar refractivity (Wildman–Crippen MR) is 210 cm³/mol. The quantitative estimate of drug-likeness (QED) is 0.0280. The van der Waals surface area contributed by atoms with E-state index in [9.17, 15) is 67.2 Å². The SMILES string of the molecule is CC(=O)OCc1ccc(NC(=O)[C@H](C)NC(=O)[C@@H](NC(=O)CN2C(=O)[C@H](N3C(=O)C=CC3=O)C[C@H]2COCCS(=O)(=O)O)C(C)C)cc1CC[C@@H]1O[C@H](C(=O)O)[C@@H](O)[C@H](O)[C@H]1O. The van der Waals surface area contributed by atoms with E-state index in [0.29, 0.717) is 11.1 Å². The molecule has 24 heteroatoms. The molecule has 0 saturated carbocycles. The number of anilines is 1. The van der Waals surface area contributed by atoms with Gasteiger partial charge in [0.25, 0.3) is 21.9 Å². The van der Waals surface area contributed by atoms with Crippen LogP contribution < -0.4 is 16.0 Å². The van der Waals surface area contributed by atoms with Crippen LogP contribution in [0, 0.1) is 5.92 Å². The molecule has 62 heavy (non-hydrogen) atoms. The van der Waals surface area contributed by atoms with Gasteiger partial charge in [-0.3, -0.25) is 43.0 Å². The molecule has 1 aromatic carbocycles. The normalized spacial score (nSPS) is 24.9. The van der Waals surface area contributed by atoms with E-state index < -0.39 is 137 Å². The van der Waals surface area contributed by atoms with E-state index in [2.05, 4.69) is 16.0 Å². The van der Waals surface area contributed by atoms with Crippen molar-refractivity contribution in [1.29, 1.82) is 0 Å². The summed E-state index contributed by atoms with van der Waals surface area (Å²) in [5, 5.41) is 47.9. The van der Waals surface area contributed by atoms with Gasteiger partial charge in [0.2, 0.25) is 23.6 Å². The molecular weight excluding hydrogens is 847 g/mol. The molecule has 23 nitrogen and oxygen atoms in total. The first-order chi connectivity index (χ1) is 29.0. The number of likely N-dealkylation sites (tertiary alicyclic amines) is 1. The zero-order valence-corrected chi connectivity index (χ0v) is 35.0. The lowest BCUT2D eigenvalue weighted by Gasteiger charge is -2.39. The lowest BCUT2D eigenvalue weighted by Crippen LogP contribution is -2.59. The summed E-state index contributed by atoms with van der Waals surface area (Å²) in [7, 11) is -4.37. The van der Waals surface area contributed by atoms with E-state index in [1.807, 2.05) is 0 Å². The number of carbonyl (C=O) groups excluding carboxylic acids is 7. The molecule has 3 aliphatic heterocycles. The number of benzene rings is 1. The molecule has 0 spiro atoms. The van der Waals surface area contributed by atoms with Gasteiger partial charge in [0.1, 0.15) is 43.0 Å². The van der Waals surface area contributed by atoms with E-state index in [-0.39, 0.29) is 38.2 Å². The summed E-state index contributed by atoms with van der Waals surface area (Å²) in [6.45, 7) is 4.14. The largest absolute Gasteiger partial charge is 0.479 e. The van der Waals surface area contributed by atoms with Gasteiger partial charge in [-0.2, -0.15) is 8.42 Å². The number of hydrogen-bond acceptors (Lipinski definition) is 16. The second-order valence-corrected chi connectivity index (χ2v) is 16.9. The highest BCUT2D eigenvalue weighted by atomic mass is 32.2. The molecule has 8 N–H and O–H groups in total. The molecule has 3 heterocycles. The lowest BCUT2D eigenvalue weighted by molar-refractivity contribution is -0.228. The van der Waals surface area contributed by atoms with Crippen LogP contribution in [0.2, 0.25) is 0 Å². The van der Waals surface area contributed by atoms with Crippen molar-refractivity contribution in [3.8, 4) is 0 Å². The first kappa shape index (κ1) is 49.3. The molecule has 2 saturated heterocycles. The molecule has 342 valence electrons. The number of carboxylic acids is 1. The zero-order valence-electron chi connectivity index (χ0n) is 34.2. The van der Waals surface area contributed by atoms with Crippen molar-refractivity contribution in [1.82, 2.24) is 20.4 Å². The third-order valence-corrected chi connectivity index (χ3v) is 11.0. The van der Waals surface area contributed by atoms with Gasteiger partial charge >= 0.3 is 11.9 Å². The fourth-order valence-corrected chi connectivity index (χ4v) is 7.34. The van der Waals surface area contributed by atoms with E-state index in [0.717, 1.165) is 22.0 Å². The highest BCUT2D eigenvalue weighted by Gasteiger charge is 2.48. The maximum Gasteiger partial charge on any atom is 0.335 e. The maximum absolute atomic E-state index is 13.5. The van der Waals surface area contributed by atoms with Crippen molar-refractivity contribution in [2.24, 2.45) is 5.92 Å². The fraction of sp³-hybridized carbons (Fsp3) is 0.579. The third-order valence-electron chi connectivity index (χ3n) is 10.3. The van der Waals surface area contributed by atoms with Gasteiger partial charge in [0.15, 0.2) is 6.10 Å². The number of imide groups is 1. The Morgan fingerprint density at radius 2 is 1.60 bits per heavy atom. The van der Waals surface area contributed by atoms with Crippen LogP contribution in [0.5, 0.6) is 0 Å². The van der Waals surface area contributed by atoms with Gasteiger partial charge in [-0.15, -0.1) is 0 Å². The van der Waals surface area contributed by atoms with Gasteiger partial charge in [-0.1, -0.05) is 19.9 Å². The van der Waals surface area contributed by atoms with Crippen LogP contribution in [0.4, 0.5) is 5.69 Å². The van der Waals surface area contributed by atoms with E-state index in [1.54, 1.807) is 19.9 Å². The predicted octanol–water partition coefficient (Wildman–Crippen LogP) is -3.00. The van der Waals surface area contributed by atoms with Crippen molar-refractivity contribution in [2.75, 3.05) is 30.8 Å². The smallest absolute Gasteiger partial charge is 0.335 e. The van der Waals surface area contributed by atoms with Gasteiger partial charge in [0, 0.05) is 31.2 Å². The van der Waals surface area contributed by atoms with Crippen LogP contribution >= 0.6 is 0 Å². The molecule has 2 fully saturated rings. The molecule has 6 amide bonds. The minimum absolute atomic E-state index is 0.0520. The Hall–Kier alpha value is -5.37. The first-order valence-electron chi connectivity index (χ1n) is 19.5. The Bertz CT molecular complexity index is 2030. The topological polar surface area (TPSA) is 342 Å². The second kappa shape index (κ2) is 21.1. The van der Waals surface area contributed by atoms with Crippen LogP contribution in [0.25, 0.3) is 0 Å². The second-order valence-electron chi connectivity index (χ2n) is 15.3. The summed E-state index contributed by atoms with van der Waals surface area (Å²) in [5.41, 5.74) is 1.16. The van der Waals surface area contributed by atoms with Gasteiger partial charge in [0.05, 0.1) is 37.7 Å². The van der Waals surface area contributed by atoms with Crippen molar-refractivity contribution < 1.29 is 86.0 Å². The number of nitrogens with zero attached hydrogens (tertiary/aromatic N) is 2. The Kier molecular flexibility index (Phi) is 16.8. The Balaban J connectivity index is 1.41. The molecule has 0 unspecified atom stereocenters. The minimum atomic E-state index is -4.37. The van der Waals surface area contributed by atoms with Crippen molar-refractivity contribution >= 4 is 63.2 Å². The number of esters is 1. The van der Waals surface area contributed by atoms with Crippen LogP contribution in [0.15, 0.2) is 30.4 Å². The first-order valence-corrected chi connectivity index (χ1v) is 21.1. The average molecular weight is 898 g/mol.